The second-order valence-electron chi connectivity index (χ2n) is 4.58. The van der Waals surface area contributed by atoms with E-state index in [-0.39, 0.29) is 5.91 Å². The average molecular weight is 278 g/mol. The molecule has 0 fully saturated rings. The van der Waals surface area contributed by atoms with Crippen molar-refractivity contribution in [1.82, 2.24) is 10.5 Å². The van der Waals surface area contributed by atoms with Gasteiger partial charge in [-0.1, -0.05) is 48.5 Å². The molecule has 1 heterocycles. The summed E-state index contributed by atoms with van der Waals surface area (Å²) < 4.78 is 0. The number of aromatic nitrogens is 1. The summed E-state index contributed by atoms with van der Waals surface area (Å²) in [6.07, 6.45) is 1.62. The minimum atomic E-state index is -0.274. The van der Waals surface area contributed by atoms with E-state index in [9.17, 15) is 4.79 Å². The molecule has 2 aromatic carbocycles. The van der Waals surface area contributed by atoms with Gasteiger partial charge < -0.3 is 0 Å². The third-order valence-corrected chi connectivity index (χ3v) is 3.14. The number of rotatable bonds is 4. The molecule has 4 heteroatoms. The molecule has 104 valence electrons. The summed E-state index contributed by atoms with van der Waals surface area (Å²) in [4.78, 5) is 21.7. The molecule has 0 aliphatic heterocycles. The molecule has 0 unspecified atom stereocenters. The van der Waals surface area contributed by atoms with E-state index in [0.29, 0.717) is 12.2 Å². The zero-order valence-electron chi connectivity index (χ0n) is 11.3. The second kappa shape index (κ2) is 6.15. The lowest BCUT2D eigenvalue weighted by molar-refractivity contribution is 0.0235. The predicted octanol–water partition coefficient (Wildman–Crippen LogP) is 3.10. The highest BCUT2D eigenvalue weighted by molar-refractivity contribution is 6.05. The highest BCUT2D eigenvalue weighted by Gasteiger charge is 2.10. The fourth-order valence-electron chi connectivity index (χ4n) is 2.11. The lowest BCUT2D eigenvalue weighted by Crippen LogP contribution is -2.23. The number of hydroxylamine groups is 1. The average Bonchev–Trinajstić information content (AvgIpc) is 2.55. The summed E-state index contributed by atoms with van der Waals surface area (Å²) in [6.45, 7) is 0.329. The molecular weight excluding hydrogens is 264 g/mol. The van der Waals surface area contributed by atoms with Gasteiger partial charge in [0.1, 0.15) is 0 Å². The first kappa shape index (κ1) is 13.3. The normalized spacial score (nSPS) is 10.5. The van der Waals surface area contributed by atoms with E-state index in [1.165, 1.54) is 0 Å². The number of hydrogen-bond donors (Lipinski definition) is 1. The van der Waals surface area contributed by atoms with Gasteiger partial charge in [0.15, 0.2) is 0 Å². The van der Waals surface area contributed by atoms with E-state index in [1.807, 2.05) is 54.6 Å². The standard InChI is InChI=1S/C17H14N2O2/c20-17(19-21-12-13-6-2-1-3-7-13)15-10-11-18-16-9-5-4-8-14(15)16/h1-11H,12H2,(H,19,20). The first-order chi connectivity index (χ1) is 10.3. The monoisotopic (exact) mass is 278 g/mol. The molecule has 21 heavy (non-hydrogen) atoms. The van der Waals surface area contributed by atoms with Crippen LogP contribution in [0.15, 0.2) is 66.9 Å². The van der Waals surface area contributed by atoms with Crippen LogP contribution in [-0.2, 0) is 11.4 Å². The minimum absolute atomic E-state index is 0.274. The molecule has 0 saturated heterocycles. The van der Waals surface area contributed by atoms with Crippen LogP contribution in [0.2, 0.25) is 0 Å². The van der Waals surface area contributed by atoms with Crippen LogP contribution in [0.5, 0.6) is 0 Å². The summed E-state index contributed by atoms with van der Waals surface area (Å²) in [5.74, 6) is -0.274. The van der Waals surface area contributed by atoms with Crippen LogP contribution in [-0.4, -0.2) is 10.9 Å². The number of pyridine rings is 1. The number of hydrogen-bond acceptors (Lipinski definition) is 3. The first-order valence-electron chi connectivity index (χ1n) is 6.64. The molecule has 0 bridgehead atoms. The molecule has 3 rings (SSSR count). The van der Waals surface area contributed by atoms with Gasteiger partial charge in [-0.2, -0.15) is 0 Å². The van der Waals surface area contributed by atoms with Crippen LogP contribution in [0.3, 0.4) is 0 Å². The minimum Gasteiger partial charge on any atom is -0.269 e. The van der Waals surface area contributed by atoms with Gasteiger partial charge in [0.25, 0.3) is 5.91 Å². The number of carbonyl (C=O) groups excluding carboxylic acids is 1. The van der Waals surface area contributed by atoms with Gasteiger partial charge in [0.2, 0.25) is 0 Å². The van der Waals surface area contributed by atoms with Gasteiger partial charge in [-0.25, -0.2) is 5.48 Å². The predicted molar refractivity (Wildman–Crippen MR) is 80.4 cm³/mol. The fourth-order valence-corrected chi connectivity index (χ4v) is 2.11. The van der Waals surface area contributed by atoms with Crippen molar-refractivity contribution in [2.24, 2.45) is 0 Å². The van der Waals surface area contributed by atoms with Crippen molar-refractivity contribution in [2.45, 2.75) is 6.61 Å². The molecule has 0 saturated carbocycles. The van der Waals surface area contributed by atoms with Crippen molar-refractivity contribution in [1.29, 1.82) is 0 Å². The Balaban J connectivity index is 1.70. The molecule has 0 atom stereocenters. The third-order valence-electron chi connectivity index (χ3n) is 3.14. The maximum absolute atomic E-state index is 12.2. The van der Waals surface area contributed by atoms with Crippen LogP contribution < -0.4 is 5.48 Å². The van der Waals surface area contributed by atoms with Crippen LogP contribution in [0.4, 0.5) is 0 Å². The Morgan fingerprint density at radius 1 is 1.00 bits per heavy atom. The van der Waals surface area contributed by atoms with Gasteiger partial charge >= 0.3 is 0 Å². The highest BCUT2D eigenvalue weighted by atomic mass is 16.6. The second-order valence-corrected chi connectivity index (χ2v) is 4.58. The summed E-state index contributed by atoms with van der Waals surface area (Å²) in [7, 11) is 0. The molecule has 0 aliphatic rings. The van der Waals surface area contributed by atoms with Crippen molar-refractivity contribution in [3.05, 3.63) is 78.0 Å². The largest absolute Gasteiger partial charge is 0.275 e. The molecule has 1 amide bonds. The molecule has 0 spiro atoms. The molecule has 4 nitrogen and oxygen atoms in total. The van der Waals surface area contributed by atoms with Crippen LogP contribution in [0.25, 0.3) is 10.9 Å². The molecule has 0 aliphatic carbocycles. The highest BCUT2D eigenvalue weighted by Crippen LogP contribution is 2.15. The number of carbonyl (C=O) groups is 1. The number of nitrogens with zero attached hydrogens (tertiary/aromatic N) is 1. The van der Waals surface area contributed by atoms with Crippen LogP contribution in [0.1, 0.15) is 15.9 Å². The van der Waals surface area contributed by atoms with Crippen molar-refractivity contribution in [2.75, 3.05) is 0 Å². The molecule has 1 aromatic heterocycles. The van der Waals surface area contributed by atoms with Crippen LogP contribution >= 0.6 is 0 Å². The maximum Gasteiger partial charge on any atom is 0.275 e. The van der Waals surface area contributed by atoms with E-state index in [1.54, 1.807) is 12.3 Å². The van der Waals surface area contributed by atoms with E-state index in [2.05, 4.69) is 10.5 Å². The van der Waals surface area contributed by atoms with Gasteiger partial charge in [-0.3, -0.25) is 14.6 Å². The summed E-state index contributed by atoms with van der Waals surface area (Å²) in [6, 6.07) is 18.9. The third kappa shape index (κ3) is 3.07. The Bertz CT molecular complexity index is 752. The Kier molecular flexibility index (Phi) is 3.89. The SMILES string of the molecule is O=C(NOCc1ccccc1)c1ccnc2ccccc12. The van der Waals surface area contributed by atoms with Gasteiger partial charge in [-0.05, 0) is 17.7 Å². The lowest BCUT2D eigenvalue weighted by atomic mass is 10.1. The number of benzene rings is 2. The van der Waals surface area contributed by atoms with Gasteiger partial charge in [0.05, 0.1) is 17.7 Å². The van der Waals surface area contributed by atoms with Crippen molar-refractivity contribution in [3.8, 4) is 0 Å². The van der Waals surface area contributed by atoms with Crippen molar-refractivity contribution >= 4 is 16.8 Å². The van der Waals surface area contributed by atoms with E-state index in [0.717, 1.165) is 16.5 Å². The van der Waals surface area contributed by atoms with E-state index in [4.69, 9.17) is 4.84 Å². The summed E-state index contributed by atoms with van der Waals surface area (Å²) in [5, 5.41) is 0.806. The number of fused-ring (bicyclic) bond motifs is 1. The van der Waals surface area contributed by atoms with Crippen LogP contribution in [0, 0.1) is 0 Å². The zero-order valence-corrected chi connectivity index (χ0v) is 11.3. The Hall–Kier alpha value is -2.72. The Morgan fingerprint density at radius 3 is 2.62 bits per heavy atom. The van der Waals surface area contributed by atoms with Crippen molar-refractivity contribution in [3.63, 3.8) is 0 Å². The first-order valence-corrected chi connectivity index (χ1v) is 6.64. The molecular formula is C17H14N2O2. The van der Waals surface area contributed by atoms with Gasteiger partial charge in [0, 0.05) is 11.6 Å². The fraction of sp³-hybridized carbons (Fsp3) is 0.0588. The number of nitrogens with one attached hydrogen (secondary N) is 1. The quantitative estimate of drug-likeness (QED) is 0.746. The molecule has 3 aromatic rings. The topological polar surface area (TPSA) is 51.2 Å². The van der Waals surface area contributed by atoms with E-state index < -0.39 is 0 Å². The Labute approximate surface area is 122 Å². The summed E-state index contributed by atoms with van der Waals surface area (Å²) in [5.41, 5.74) is 4.81. The lowest BCUT2D eigenvalue weighted by Gasteiger charge is -2.08. The smallest absolute Gasteiger partial charge is 0.269 e. The number of para-hydroxylation sites is 1. The van der Waals surface area contributed by atoms with Crippen molar-refractivity contribution < 1.29 is 9.63 Å². The zero-order chi connectivity index (χ0) is 14.5. The molecule has 1 N–H and O–H groups in total. The van der Waals surface area contributed by atoms with Gasteiger partial charge in [-0.15, -0.1) is 0 Å². The van der Waals surface area contributed by atoms with E-state index >= 15 is 0 Å². The maximum atomic E-state index is 12.2. The Morgan fingerprint density at radius 2 is 1.76 bits per heavy atom. The summed E-state index contributed by atoms with van der Waals surface area (Å²) >= 11 is 0. The number of amides is 1. The molecule has 0 radical (unpaired) electrons.